The van der Waals surface area contributed by atoms with Crippen LogP contribution in [0, 0.1) is 0 Å². The second kappa shape index (κ2) is 7.88. The van der Waals surface area contributed by atoms with E-state index in [4.69, 9.17) is 0 Å². The number of rotatable bonds is 7. The molecule has 22 heavy (non-hydrogen) atoms. The molecule has 0 aliphatic heterocycles. The van der Waals surface area contributed by atoms with Gasteiger partial charge >= 0.3 is 0 Å². The Morgan fingerprint density at radius 1 is 0.818 bits per heavy atom. The first-order valence-electron chi connectivity index (χ1n) is 8.36. The molecule has 0 saturated heterocycles. The molecule has 1 N–H and O–H groups in total. The van der Waals surface area contributed by atoms with Crippen molar-refractivity contribution in [2.75, 3.05) is 10.2 Å². The van der Waals surface area contributed by atoms with Crippen LogP contribution in [0.15, 0.2) is 54.6 Å². The molecule has 2 rings (SSSR count). The number of benzene rings is 2. The van der Waals surface area contributed by atoms with Gasteiger partial charge in [-0.05, 0) is 63.1 Å². The third-order valence-corrected chi connectivity index (χ3v) is 4.24. The van der Waals surface area contributed by atoms with E-state index in [-0.39, 0.29) is 0 Å². The number of nitrogens with one attached hydrogen (secondary N) is 1. The van der Waals surface area contributed by atoms with Gasteiger partial charge < -0.3 is 10.2 Å². The minimum atomic E-state index is 0.468. The van der Waals surface area contributed by atoms with Crippen LogP contribution in [0.2, 0.25) is 0 Å². The highest BCUT2D eigenvalue weighted by molar-refractivity contribution is 5.66. The van der Waals surface area contributed by atoms with Crippen molar-refractivity contribution in [3.8, 4) is 0 Å². The molecule has 2 aromatic carbocycles. The van der Waals surface area contributed by atoms with Crippen LogP contribution in [0.5, 0.6) is 0 Å². The van der Waals surface area contributed by atoms with E-state index < -0.39 is 0 Å². The first-order valence-corrected chi connectivity index (χ1v) is 8.36. The Balaban J connectivity index is 2.25. The van der Waals surface area contributed by atoms with Gasteiger partial charge in [-0.2, -0.15) is 0 Å². The van der Waals surface area contributed by atoms with Crippen molar-refractivity contribution in [2.24, 2.45) is 0 Å². The van der Waals surface area contributed by atoms with Gasteiger partial charge in [-0.15, -0.1) is 0 Å². The van der Waals surface area contributed by atoms with E-state index in [1.54, 1.807) is 0 Å². The van der Waals surface area contributed by atoms with Gasteiger partial charge in [0, 0.05) is 29.1 Å². The molecular formula is C20H28N2. The van der Waals surface area contributed by atoms with Crippen LogP contribution < -0.4 is 10.2 Å². The average molecular weight is 296 g/mol. The molecule has 0 fully saturated rings. The van der Waals surface area contributed by atoms with Crippen LogP contribution >= 0.6 is 0 Å². The third-order valence-electron chi connectivity index (χ3n) is 4.24. The van der Waals surface area contributed by atoms with E-state index >= 15 is 0 Å². The summed E-state index contributed by atoms with van der Waals surface area (Å²) in [5.74, 6) is 0. The van der Waals surface area contributed by atoms with Crippen molar-refractivity contribution >= 4 is 17.1 Å². The second-order valence-electron chi connectivity index (χ2n) is 5.96. The largest absolute Gasteiger partial charge is 0.383 e. The Labute approximate surface area is 135 Å². The van der Waals surface area contributed by atoms with Crippen LogP contribution in [-0.4, -0.2) is 12.1 Å². The van der Waals surface area contributed by atoms with E-state index in [9.17, 15) is 0 Å². The molecule has 2 nitrogen and oxygen atoms in total. The predicted octanol–water partition coefficient (Wildman–Crippen LogP) is 5.83. The lowest BCUT2D eigenvalue weighted by molar-refractivity contribution is 0.688. The zero-order valence-electron chi connectivity index (χ0n) is 14.2. The third kappa shape index (κ3) is 4.03. The van der Waals surface area contributed by atoms with Crippen LogP contribution in [0.1, 0.15) is 40.5 Å². The lowest BCUT2D eigenvalue weighted by Gasteiger charge is -2.31. The van der Waals surface area contributed by atoms with E-state index in [2.05, 4.69) is 92.5 Å². The lowest BCUT2D eigenvalue weighted by Crippen LogP contribution is -2.27. The second-order valence-corrected chi connectivity index (χ2v) is 5.96. The van der Waals surface area contributed by atoms with E-state index in [1.165, 1.54) is 17.1 Å². The monoisotopic (exact) mass is 296 g/mol. The number of nitrogens with zero attached hydrogens (tertiary/aromatic N) is 1. The zero-order valence-corrected chi connectivity index (χ0v) is 14.2. The summed E-state index contributed by atoms with van der Waals surface area (Å²) in [5, 5.41) is 3.52. The quantitative estimate of drug-likeness (QED) is 0.691. The molecule has 2 aromatic rings. The summed E-state index contributed by atoms with van der Waals surface area (Å²) in [6.07, 6.45) is 2.24. The van der Waals surface area contributed by atoms with Crippen LogP contribution in [-0.2, 0) is 0 Å². The lowest BCUT2D eigenvalue weighted by atomic mass is 10.1. The molecule has 2 heteroatoms. The Morgan fingerprint density at radius 2 is 1.41 bits per heavy atom. The zero-order chi connectivity index (χ0) is 15.9. The fourth-order valence-electron chi connectivity index (χ4n) is 2.53. The maximum Gasteiger partial charge on any atom is 0.0414 e. The smallest absolute Gasteiger partial charge is 0.0414 e. The van der Waals surface area contributed by atoms with Crippen molar-refractivity contribution in [3.05, 3.63) is 54.6 Å². The minimum Gasteiger partial charge on any atom is -0.383 e. The van der Waals surface area contributed by atoms with Crippen LogP contribution in [0.25, 0.3) is 0 Å². The summed E-state index contributed by atoms with van der Waals surface area (Å²) in [6, 6.07) is 20.4. The molecule has 0 heterocycles. The molecule has 0 aliphatic rings. The summed E-state index contributed by atoms with van der Waals surface area (Å²) in [5.41, 5.74) is 3.69. The Kier molecular flexibility index (Phi) is 5.88. The molecule has 2 unspecified atom stereocenters. The fraction of sp³-hybridized carbons (Fsp3) is 0.400. The van der Waals surface area contributed by atoms with Crippen molar-refractivity contribution < 1.29 is 0 Å². The van der Waals surface area contributed by atoms with Gasteiger partial charge in [0.05, 0.1) is 0 Å². The number of hydrogen-bond donors (Lipinski definition) is 1. The molecule has 0 aromatic heterocycles. The first kappa shape index (κ1) is 16.4. The summed E-state index contributed by atoms with van der Waals surface area (Å²) >= 11 is 0. The summed E-state index contributed by atoms with van der Waals surface area (Å²) in [7, 11) is 0. The summed E-state index contributed by atoms with van der Waals surface area (Å²) < 4.78 is 0. The minimum absolute atomic E-state index is 0.468. The van der Waals surface area contributed by atoms with Gasteiger partial charge in [0.2, 0.25) is 0 Å². The van der Waals surface area contributed by atoms with Gasteiger partial charge in [-0.25, -0.2) is 0 Å². The number of para-hydroxylation sites is 1. The Hall–Kier alpha value is -1.96. The SMILES string of the molecule is CCC(C)Nc1ccc(N(c2ccccc2)C(C)CC)cc1. The van der Waals surface area contributed by atoms with Crippen molar-refractivity contribution in [3.63, 3.8) is 0 Å². The van der Waals surface area contributed by atoms with Gasteiger partial charge in [-0.1, -0.05) is 32.0 Å². The van der Waals surface area contributed by atoms with Gasteiger partial charge in [0.25, 0.3) is 0 Å². The number of anilines is 3. The number of hydrogen-bond acceptors (Lipinski definition) is 2. The molecule has 0 aliphatic carbocycles. The van der Waals surface area contributed by atoms with Crippen LogP contribution in [0.3, 0.4) is 0 Å². The maximum absolute atomic E-state index is 3.52. The maximum atomic E-state index is 3.52. The fourth-order valence-corrected chi connectivity index (χ4v) is 2.53. The molecule has 0 amide bonds. The standard InChI is InChI=1S/C20H28N2/c1-5-16(3)21-18-12-14-20(15-13-18)22(17(4)6-2)19-10-8-7-9-11-19/h7-17,21H,5-6H2,1-4H3. The summed E-state index contributed by atoms with van der Waals surface area (Å²) in [6.45, 7) is 8.92. The van der Waals surface area contributed by atoms with E-state index in [0.29, 0.717) is 12.1 Å². The Morgan fingerprint density at radius 3 is 1.95 bits per heavy atom. The molecule has 2 atom stereocenters. The van der Waals surface area contributed by atoms with Crippen molar-refractivity contribution in [1.82, 2.24) is 0 Å². The summed E-state index contributed by atoms with van der Waals surface area (Å²) in [4.78, 5) is 2.41. The topological polar surface area (TPSA) is 15.3 Å². The van der Waals surface area contributed by atoms with Gasteiger partial charge in [0.1, 0.15) is 0 Å². The highest BCUT2D eigenvalue weighted by atomic mass is 15.2. The highest BCUT2D eigenvalue weighted by Gasteiger charge is 2.15. The molecular weight excluding hydrogens is 268 g/mol. The van der Waals surface area contributed by atoms with E-state index in [0.717, 1.165) is 12.8 Å². The average Bonchev–Trinajstić information content (AvgIpc) is 2.57. The molecule has 0 radical (unpaired) electrons. The molecule has 0 spiro atoms. The predicted molar refractivity (Wildman–Crippen MR) is 98.2 cm³/mol. The van der Waals surface area contributed by atoms with Gasteiger partial charge in [0.15, 0.2) is 0 Å². The van der Waals surface area contributed by atoms with Gasteiger partial charge in [-0.3, -0.25) is 0 Å². The molecule has 0 saturated carbocycles. The Bertz CT molecular complexity index is 548. The molecule has 0 bridgehead atoms. The van der Waals surface area contributed by atoms with Crippen molar-refractivity contribution in [1.29, 1.82) is 0 Å². The van der Waals surface area contributed by atoms with E-state index in [1.807, 2.05) is 0 Å². The highest BCUT2D eigenvalue weighted by Crippen LogP contribution is 2.29. The first-order chi connectivity index (χ1) is 10.7. The van der Waals surface area contributed by atoms with Crippen molar-refractivity contribution in [2.45, 2.75) is 52.6 Å². The molecule has 118 valence electrons. The normalized spacial score (nSPS) is 13.5. The van der Waals surface area contributed by atoms with Crippen LogP contribution in [0.4, 0.5) is 17.1 Å².